The second kappa shape index (κ2) is 2.83. The van der Waals surface area contributed by atoms with Crippen LogP contribution in [-0.2, 0) is 0 Å². The normalized spacial score (nSPS) is 20.8. The lowest BCUT2D eigenvalue weighted by Crippen LogP contribution is -2.27. The molecule has 0 saturated carbocycles. The molecule has 0 bridgehead atoms. The Labute approximate surface area is 75.8 Å². The summed E-state index contributed by atoms with van der Waals surface area (Å²) in [5, 5.41) is 2.92. The van der Waals surface area contributed by atoms with Gasteiger partial charge in [-0.2, -0.15) is 0 Å². The van der Waals surface area contributed by atoms with E-state index in [1.807, 2.05) is 6.92 Å². The summed E-state index contributed by atoms with van der Waals surface area (Å²) in [6.07, 6.45) is 0. The van der Waals surface area contributed by atoms with Gasteiger partial charge in [0.1, 0.15) is 5.82 Å². The Kier molecular flexibility index (Phi) is 1.79. The molecule has 1 heterocycles. The molecule has 1 aromatic rings. The highest BCUT2D eigenvalue weighted by Crippen LogP contribution is 2.26. The van der Waals surface area contributed by atoms with E-state index < -0.39 is 0 Å². The first-order valence-electron chi connectivity index (χ1n) is 4.26. The number of hydrogen-bond acceptors (Lipinski definition) is 2. The Hall–Kier alpha value is -1.38. The molecule has 3 heteroatoms. The second-order valence-electron chi connectivity index (χ2n) is 3.31. The predicted octanol–water partition coefficient (Wildman–Crippen LogP) is 2.07. The van der Waals surface area contributed by atoms with Crippen molar-refractivity contribution in [3.05, 3.63) is 29.6 Å². The summed E-state index contributed by atoms with van der Waals surface area (Å²) >= 11 is 0. The molecule has 0 fully saturated rings. The van der Waals surface area contributed by atoms with Gasteiger partial charge in [0.25, 0.3) is 0 Å². The zero-order valence-electron chi connectivity index (χ0n) is 7.30. The molecular weight excluding hydrogens is 169 g/mol. The summed E-state index contributed by atoms with van der Waals surface area (Å²) in [4.78, 5) is 11.6. The third-order valence-electron chi connectivity index (χ3n) is 2.31. The fourth-order valence-corrected chi connectivity index (χ4v) is 1.52. The maximum absolute atomic E-state index is 13.2. The SMILES string of the molecule is CC1CNc2c(F)cccc2C1=O. The molecule has 1 unspecified atom stereocenters. The third kappa shape index (κ3) is 1.20. The molecular formula is C10H10FNO. The number of anilines is 1. The van der Waals surface area contributed by atoms with Crippen LogP contribution < -0.4 is 5.32 Å². The van der Waals surface area contributed by atoms with Crippen LogP contribution in [0.1, 0.15) is 17.3 Å². The van der Waals surface area contributed by atoms with E-state index in [0.717, 1.165) is 0 Å². The van der Waals surface area contributed by atoms with Crippen LogP contribution in [0.2, 0.25) is 0 Å². The molecule has 0 amide bonds. The van der Waals surface area contributed by atoms with Gasteiger partial charge < -0.3 is 5.32 Å². The highest BCUT2D eigenvalue weighted by molar-refractivity contribution is 6.04. The van der Waals surface area contributed by atoms with Gasteiger partial charge in [-0.3, -0.25) is 4.79 Å². The summed E-state index contributed by atoms with van der Waals surface area (Å²) in [7, 11) is 0. The lowest BCUT2D eigenvalue weighted by Gasteiger charge is -2.22. The summed E-state index contributed by atoms with van der Waals surface area (Å²) in [5.74, 6) is -0.389. The highest BCUT2D eigenvalue weighted by Gasteiger charge is 2.25. The molecule has 0 aliphatic carbocycles. The van der Waals surface area contributed by atoms with Gasteiger partial charge in [-0.1, -0.05) is 13.0 Å². The van der Waals surface area contributed by atoms with Crippen LogP contribution in [0.25, 0.3) is 0 Å². The van der Waals surface area contributed by atoms with Crippen LogP contribution in [0.3, 0.4) is 0 Å². The molecule has 2 rings (SSSR count). The number of carbonyl (C=O) groups is 1. The molecule has 0 spiro atoms. The molecule has 1 aliphatic rings. The van der Waals surface area contributed by atoms with Crippen LogP contribution in [0.15, 0.2) is 18.2 Å². The second-order valence-corrected chi connectivity index (χ2v) is 3.31. The Morgan fingerprint density at radius 3 is 3.08 bits per heavy atom. The minimum atomic E-state index is -0.349. The first kappa shape index (κ1) is 8.23. The molecule has 68 valence electrons. The number of fused-ring (bicyclic) bond motifs is 1. The number of halogens is 1. The van der Waals surface area contributed by atoms with Crippen molar-refractivity contribution in [2.75, 3.05) is 11.9 Å². The fourth-order valence-electron chi connectivity index (χ4n) is 1.52. The molecule has 1 aliphatic heterocycles. The number of Topliss-reactive ketones (excluding diaryl/α,β-unsaturated/α-hetero) is 1. The molecule has 1 aromatic carbocycles. The lowest BCUT2D eigenvalue weighted by molar-refractivity contribution is 0.0931. The highest BCUT2D eigenvalue weighted by atomic mass is 19.1. The Balaban J connectivity index is 2.55. The van der Waals surface area contributed by atoms with Crippen molar-refractivity contribution >= 4 is 11.5 Å². The van der Waals surface area contributed by atoms with Gasteiger partial charge in [0.15, 0.2) is 5.78 Å². The average molecular weight is 179 g/mol. The van der Waals surface area contributed by atoms with Gasteiger partial charge >= 0.3 is 0 Å². The zero-order chi connectivity index (χ0) is 9.42. The molecule has 1 N–H and O–H groups in total. The predicted molar refractivity (Wildman–Crippen MR) is 48.4 cm³/mol. The third-order valence-corrected chi connectivity index (χ3v) is 2.31. The van der Waals surface area contributed by atoms with Crippen LogP contribution in [0.5, 0.6) is 0 Å². The van der Waals surface area contributed by atoms with E-state index in [9.17, 15) is 9.18 Å². The summed E-state index contributed by atoms with van der Waals surface area (Å²) in [6.45, 7) is 2.36. The number of ketones is 1. The zero-order valence-corrected chi connectivity index (χ0v) is 7.30. The summed E-state index contributed by atoms with van der Waals surface area (Å²) in [6, 6.07) is 4.57. The lowest BCUT2D eigenvalue weighted by atomic mass is 9.94. The molecule has 0 saturated heterocycles. The first-order valence-corrected chi connectivity index (χ1v) is 4.26. The van der Waals surface area contributed by atoms with Crippen molar-refractivity contribution < 1.29 is 9.18 Å². The average Bonchev–Trinajstić information content (AvgIpc) is 2.12. The van der Waals surface area contributed by atoms with Gasteiger partial charge in [0, 0.05) is 18.0 Å². The maximum Gasteiger partial charge on any atom is 0.169 e. The molecule has 2 nitrogen and oxygen atoms in total. The fraction of sp³-hybridized carbons (Fsp3) is 0.300. The summed E-state index contributed by atoms with van der Waals surface area (Å²) in [5.41, 5.74) is 0.823. The van der Waals surface area contributed by atoms with E-state index in [0.29, 0.717) is 17.8 Å². The van der Waals surface area contributed by atoms with Crippen molar-refractivity contribution in [2.24, 2.45) is 5.92 Å². The van der Waals surface area contributed by atoms with Crippen molar-refractivity contribution in [1.82, 2.24) is 0 Å². The molecule has 1 atom stereocenters. The van der Waals surface area contributed by atoms with Crippen LogP contribution in [0, 0.1) is 11.7 Å². The van der Waals surface area contributed by atoms with Crippen molar-refractivity contribution in [3.63, 3.8) is 0 Å². The van der Waals surface area contributed by atoms with E-state index in [1.54, 1.807) is 12.1 Å². The number of carbonyl (C=O) groups excluding carboxylic acids is 1. The van der Waals surface area contributed by atoms with Gasteiger partial charge in [-0.25, -0.2) is 4.39 Å². The monoisotopic (exact) mass is 179 g/mol. The van der Waals surface area contributed by atoms with E-state index in [2.05, 4.69) is 5.32 Å². The maximum atomic E-state index is 13.2. The largest absolute Gasteiger partial charge is 0.381 e. The van der Waals surface area contributed by atoms with Gasteiger partial charge in [-0.15, -0.1) is 0 Å². The molecule has 13 heavy (non-hydrogen) atoms. The Morgan fingerprint density at radius 1 is 1.54 bits per heavy atom. The van der Waals surface area contributed by atoms with Crippen LogP contribution >= 0.6 is 0 Å². The number of nitrogens with one attached hydrogen (secondary N) is 1. The Morgan fingerprint density at radius 2 is 2.31 bits per heavy atom. The standard InChI is InChI=1S/C10H10FNO/c1-6-5-12-9-7(10(6)13)3-2-4-8(9)11/h2-4,6,12H,5H2,1H3. The topological polar surface area (TPSA) is 29.1 Å². The van der Waals surface area contributed by atoms with E-state index in [4.69, 9.17) is 0 Å². The van der Waals surface area contributed by atoms with Gasteiger partial charge in [0.2, 0.25) is 0 Å². The van der Waals surface area contributed by atoms with Gasteiger partial charge in [0.05, 0.1) is 5.69 Å². The van der Waals surface area contributed by atoms with Crippen molar-refractivity contribution in [1.29, 1.82) is 0 Å². The van der Waals surface area contributed by atoms with Crippen LogP contribution in [-0.4, -0.2) is 12.3 Å². The van der Waals surface area contributed by atoms with Gasteiger partial charge in [-0.05, 0) is 12.1 Å². The van der Waals surface area contributed by atoms with E-state index >= 15 is 0 Å². The van der Waals surface area contributed by atoms with E-state index in [-0.39, 0.29) is 17.5 Å². The number of hydrogen-bond donors (Lipinski definition) is 1. The minimum Gasteiger partial charge on any atom is -0.381 e. The number of para-hydroxylation sites is 1. The van der Waals surface area contributed by atoms with Crippen molar-refractivity contribution in [2.45, 2.75) is 6.92 Å². The Bertz CT molecular complexity index is 362. The smallest absolute Gasteiger partial charge is 0.169 e. The van der Waals surface area contributed by atoms with Crippen molar-refractivity contribution in [3.8, 4) is 0 Å². The van der Waals surface area contributed by atoms with Crippen LogP contribution in [0.4, 0.5) is 10.1 Å². The van der Waals surface area contributed by atoms with E-state index in [1.165, 1.54) is 6.07 Å². The minimum absolute atomic E-state index is 0.0215. The quantitative estimate of drug-likeness (QED) is 0.660. The molecule has 0 radical (unpaired) electrons. The summed E-state index contributed by atoms with van der Waals surface area (Å²) < 4.78 is 13.2. The number of rotatable bonds is 0. The first-order chi connectivity index (χ1) is 6.20. The molecule has 0 aromatic heterocycles. The number of benzene rings is 1.